The monoisotopic (exact) mass is 443 g/mol. The molecule has 1 saturated heterocycles. The van der Waals surface area contributed by atoms with Gasteiger partial charge in [-0.05, 0) is 71.2 Å². The Morgan fingerprint density at radius 1 is 1.23 bits per heavy atom. The first-order valence-electron chi connectivity index (χ1n) is 11.4. The second kappa shape index (κ2) is 12.1. The zero-order valence-electron chi connectivity index (χ0n) is 19.4. The van der Waals surface area contributed by atoms with Gasteiger partial charge in [0.05, 0.1) is 23.9 Å². The van der Waals surface area contributed by atoms with Crippen LogP contribution in [0.1, 0.15) is 48.5 Å². The third-order valence-corrected chi connectivity index (χ3v) is 6.41. The highest BCUT2D eigenvalue weighted by atomic mass is 32.1. The van der Waals surface area contributed by atoms with E-state index in [1.807, 2.05) is 6.92 Å². The highest BCUT2D eigenvalue weighted by Gasteiger charge is 2.20. The lowest BCUT2D eigenvalue weighted by molar-refractivity contribution is 0.176. The summed E-state index contributed by atoms with van der Waals surface area (Å²) in [6.07, 6.45) is 2.42. The van der Waals surface area contributed by atoms with E-state index < -0.39 is 0 Å². The fourth-order valence-corrected chi connectivity index (χ4v) is 4.49. The number of hydrogen-bond acceptors (Lipinski definition) is 5. The van der Waals surface area contributed by atoms with Gasteiger partial charge >= 0.3 is 0 Å². The van der Waals surface area contributed by atoms with Gasteiger partial charge in [-0.25, -0.2) is 9.98 Å². The maximum absolute atomic E-state index is 5.80. The zero-order valence-corrected chi connectivity index (χ0v) is 20.2. The maximum Gasteiger partial charge on any atom is 0.191 e. The fraction of sp³-hybridized carbons (Fsp3) is 0.583. The molecule has 170 valence electrons. The molecule has 1 fully saturated rings. The van der Waals surface area contributed by atoms with Crippen molar-refractivity contribution in [3.8, 4) is 5.75 Å². The van der Waals surface area contributed by atoms with Crippen molar-refractivity contribution in [1.29, 1.82) is 0 Å². The minimum absolute atomic E-state index is 0.608. The predicted molar refractivity (Wildman–Crippen MR) is 130 cm³/mol. The topological polar surface area (TPSA) is 61.8 Å². The van der Waals surface area contributed by atoms with Gasteiger partial charge in [0.25, 0.3) is 0 Å². The van der Waals surface area contributed by atoms with Crippen LogP contribution < -0.4 is 15.4 Å². The Labute approximate surface area is 191 Å². The summed E-state index contributed by atoms with van der Waals surface area (Å²) in [6, 6.07) is 6.33. The van der Waals surface area contributed by atoms with Gasteiger partial charge in [-0.3, -0.25) is 4.90 Å². The van der Waals surface area contributed by atoms with Gasteiger partial charge in [-0.1, -0.05) is 12.1 Å². The van der Waals surface area contributed by atoms with Gasteiger partial charge in [0.1, 0.15) is 5.75 Å². The number of hydrogen-bond donors (Lipinski definition) is 2. The lowest BCUT2D eigenvalue weighted by atomic mass is 9.97. The Bertz CT molecular complexity index is 842. The predicted octanol–water partition coefficient (Wildman–Crippen LogP) is 4.13. The molecule has 0 bridgehead atoms. The van der Waals surface area contributed by atoms with Crippen molar-refractivity contribution in [2.24, 2.45) is 10.9 Å². The lowest BCUT2D eigenvalue weighted by Gasteiger charge is -2.31. The lowest BCUT2D eigenvalue weighted by Crippen LogP contribution is -2.42. The second-order valence-electron chi connectivity index (χ2n) is 8.20. The van der Waals surface area contributed by atoms with Crippen LogP contribution in [0.25, 0.3) is 0 Å². The molecule has 0 radical (unpaired) electrons. The van der Waals surface area contributed by atoms with E-state index in [4.69, 9.17) is 9.73 Å². The molecule has 1 aromatic heterocycles. The first kappa shape index (κ1) is 23.5. The number of aromatic nitrogens is 1. The minimum Gasteiger partial charge on any atom is -0.494 e. The number of thiazole rings is 1. The first-order valence-corrected chi connectivity index (χ1v) is 12.3. The van der Waals surface area contributed by atoms with E-state index in [1.54, 1.807) is 11.3 Å². The molecular formula is C24H37N5OS. The number of nitrogens with one attached hydrogen (secondary N) is 2. The summed E-state index contributed by atoms with van der Waals surface area (Å²) in [5.74, 6) is 2.49. The number of likely N-dealkylation sites (tertiary alicyclic amines) is 1. The van der Waals surface area contributed by atoms with E-state index in [2.05, 4.69) is 64.9 Å². The van der Waals surface area contributed by atoms with Crippen LogP contribution in [0.5, 0.6) is 5.75 Å². The van der Waals surface area contributed by atoms with Crippen LogP contribution in [0, 0.1) is 19.8 Å². The number of piperidine rings is 1. The van der Waals surface area contributed by atoms with Crippen LogP contribution in [-0.2, 0) is 13.1 Å². The third-order valence-electron chi connectivity index (χ3n) is 5.59. The summed E-state index contributed by atoms with van der Waals surface area (Å²) in [7, 11) is 0. The standard InChI is InChI=1S/C24H37N5OS/c1-5-25-24(27-15-21-8-7-18(3)13-23(21)30-6-2)26-14-20-9-11-29(12-10-20)16-22-17-31-19(4)28-22/h7-8,13,17,20H,5-6,9-12,14-16H2,1-4H3,(H2,25,26,27). The summed E-state index contributed by atoms with van der Waals surface area (Å²) in [5.41, 5.74) is 3.54. The molecule has 0 atom stereocenters. The molecule has 7 heteroatoms. The summed E-state index contributed by atoms with van der Waals surface area (Å²) in [6.45, 7) is 14.6. The molecule has 3 rings (SSSR count). The van der Waals surface area contributed by atoms with Crippen LogP contribution in [0.2, 0.25) is 0 Å². The molecule has 31 heavy (non-hydrogen) atoms. The minimum atomic E-state index is 0.608. The normalized spacial score (nSPS) is 15.8. The molecule has 1 aromatic carbocycles. The van der Waals surface area contributed by atoms with Gasteiger partial charge in [0, 0.05) is 30.6 Å². The molecule has 2 aromatic rings. The van der Waals surface area contributed by atoms with Crippen molar-refractivity contribution in [1.82, 2.24) is 20.5 Å². The highest BCUT2D eigenvalue weighted by Crippen LogP contribution is 2.22. The van der Waals surface area contributed by atoms with E-state index in [9.17, 15) is 0 Å². The van der Waals surface area contributed by atoms with Crippen LogP contribution in [0.4, 0.5) is 0 Å². The Hall–Kier alpha value is -2.12. The SMILES string of the molecule is CCNC(=NCc1ccc(C)cc1OCC)NCC1CCN(Cc2csc(C)n2)CC1. The molecular weight excluding hydrogens is 406 g/mol. The third kappa shape index (κ3) is 7.51. The number of aliphatic imine (C=N–C) groups is 1. The average Bonchev–Trinajstić information content (AvgIpc) is 3.17. The smallest absolute Gasteiger partial charge is 0.191 e. The highest BCUT2D eigenvalue weighted by molar-refractivity contribution is 7.09. The summed E-state index contributed by atoms with van der Waals surface area (Å²) in [5, 5.41) is 10.3. The van der Waals surface area contributed by atoms with Crippen molar-refractivity contribution in [3.63, 3.8) is 0 Å². The van der Waals surface area contributed by atoms with Crippen molar-refractivity contribution in [3.05, 3.63) is 45.4 Å². The van der Waals surface area contributed by atoms with Gasteiger partial charge in [-0.15, -0.1) is 11.3 Å². The number of ether oxygens (including phenoxy) is 1. The number of rotatable bonds is 9. The molecule has 2 heterocycles. The molecule has 0 saturated carbocycles. The van der Waals surface area contributed by atoms with E-state index >= 15 is 0 Å². The molecule has 1 aliphatic rings. The summed E-state index contributed by atoms with van der Waals surface area (Å²) >= 11 is 1.74. The molecule has 1 aliphatic heterocycles. The van der Waals surface area contributed by atoms with Crippen LogP contribution in [-0.4, -0.2) is 48.6 Å². The molecule has 0 aliphatic carbocycles. The maximum atomic E-state index is 5.80. The van der Waals surface area contributed by atoms with Gasteiger partial charge in [0.2, 0.25) is 0 Å². The van der Waals surface area contributed by atoms with Crippen LogP contribution >= 0.6 is 11.3 Å². The number of benzene rings is 1. The summed E-state index contributed by atoms with van der Waals surface area (Å²) < 4.78 is 5.80. The average molecular weight is 444 g/mol. The quantitative estimate of drug-likeness (QED) is 0.451. The Morgan fingerprint density at radius 2 is 2.03 bits per heavy atom. The first-order chi connectivity index (χ1) is 15.1. The van der Waals surface area contributed by atoms with E-state index in [0.29, 0.717) is 19.1 Å². The fourth-order valence-electron chi connectivity index (χ4n) is 3.89. The Balaban J connectivity index is 1.48. The number of guanidine groups is 1. The molecule has 2 N–H and O–H groups in total. The van der Waals surface area contributed by atoms with Gasteiger partial charge < -0.3 is 15.4 Å². The number of aryl methyl sites for hydroxylation is 2. The van der Waals surface area contributed by atoms with E-state index in [-0.39, 0.29) is 0 Å². The molecule has 0 spiro atoms. The van der Waals surface area contributed by atoms with Crippen molar-refractivity contribution >= 4 is 17.3 Å². The Morgan fingerprint density at radius 3 is 2.71 bits per heavy atom. The van der Waals surface area contributed by atoms with E-state index in [1.165, 1.54) is 24.1 Å². The van der Waals surface area contributed by atoms with Crippen LogP contribution in [0.15, 0.2) is 28.6 Å². The van der Waals surface area contributed by atoms with E-state index in [0.717, 1.165) is 55.0 Å². The largest absolute Gasteiger partial charge is 0.494 e. The second-order valence-corrected chi connectivity index (χ2v) is 9.26. The van der Waals surface area contributed by atoms with Gasteiger partial charge in [-0.2, -0.15) is 0 Å². The van der Waals surface area contributed by atoms with Crippen LogP contribution in [0.3, 0.4) is 0 Å². The summed E-state index contributed by atoms with van der Waals surface area (Å²) in [4.78, 5) is 11.9. The molecule has 0 amide bonds. The molecule has 0 unspecified atom stereocenters. The van der Waals surface area contributed by atoms with Gasteiger partial charge in [0.15, 0.2) is 5.96 Å². The molecule has 6 nitrogen and oxygen atoms in total. The van der Waals surface area contributed by atoms with Crippen molar-refractivity contribution in [2.75, 3.05) is 32.8 Å². The van der Waals surface area contributed by atoms with Crippen molar-refractivity contribution < 1.29 is 4.74 Å². The Kier molecular flexibility index (Phi) is 9.15. The zero-order chi connectivity index (χ0) is 22.1. The number of nitrogens with zero attached hydrogens (tertiary/aromatic N) is 3. The van der Waals surface area contributed by atoms with Crippen molar-refractivity contribution in [2.45, 2.75) is 53.6 Å².